The summed E-state index contributed by atoms with van der Waals surface area (Å²) in [6, 6.07) is 4.48. The number of amides is 1. The van der Waals surface area contributed by atoms with Crippen LogP contribution in [0.5, 0.6) is 0 Å². The first-order chi connectivity index (χ1) is 9.83. The standard InChI is InChI=1S/C15H13Cl2NO3/c1-15(7-3-2-4-11(15)14(20)21)18-13(19)10-6-5-9(16)8-12(10)17/h2-8,11H,1H3,(H,18,19)(H,20,21)/p-1. The maximum absolute atomic E-state index is 12.3. The van der Waals surface area contributed by atoms with Crippen LogP contribution in [-0.4, -0.2) is 17.4 Å². The molecular formula is C15H12Cl2NO3-. The number of carboxylic acid groups (broad SMARTS) is 1. The van der Waals surface area contributed by atoms with E-state index in [1.807, 2.05) is 0 Å². The van der Waals surface area contributed by atoms with Crippen molar-refractivity contribution in [1.29, 1.82) is 0 Å². The number of aliphatic carboxylic acids is 1. The normalized spacial score (nSPS) is 23.9. The van der Waals surface area contributed by atoms with Gasteiger partial charge >= 0.3 is 0 Å². The molecule has 1 aromatic carbocycles. The first kappa shape index (κ1) is 15.6. The molecule has 0 saturated carbocycles. The Morgan fingerprint density at radius 3 is 2.62 bits per heavy atom. The molecule has 0 heterocycles. The minimum Gasteiger partial charge on any atom is -0.549 e. The van der Waals surface area contributed by atoms with Gasteiger partial charge in [0.15, 0.2) is 0 Å². The van der Waals surface area contributed by atoms with Crippen LogP contribution < -0.4 is 10.4 Å². The van der Waals surface area contributed by atoms with Crippen molar-refractivity contribution in [1.82, 2.24) is 5.32 Å². The van der Waals surface area contributed by atoms with Crippen LogP contribution >= 0.6 is 23.2 Å². The molecule has 0 spiro atoms. The molecule has 1 aromatic rings. The molecule has 21 heavy (non-hydrogen) atoms. The van der Waals surface area contributed by atoms with E-state index in [1.54, 1.807) is 25.2 Å². The van der Waals surface area contributed by atoms with Crippen molar-refractivity contribution in [3.8, 4) is 0 Å². The third-order valence-electron chi connectivity index (χ3n) is 3.32. The van der Waals surface area contributed by atoms with Gasteiger partial charge in [0.2, 0.25) is 0 Å². The van der Waals surface area contributed by atoms with E-state index in [4.69, 9.17) is 23.2 Å². The molecule has 1 amide bonds. The second-order valence-corrected chi connectivity index (χ2v) is 5.75. The largest absolute Gasteiger partial charge is 0.549 e. The van der Waals surface area contributed by atoms with Gasteiger partial charge in [-0.2, -0.15) is 0 Å². The van der Waals surface area contributed by atoms with Gasteiger partial charge in [-0.15, -0.1) is 0 Å². The summed E-state index contributed by atoms with van der Waals surface area (Å²) in [7, 11) is 0. The highest BCUT2D eigenvalue weighted by atomic mass is 35.5. The van der Waals surface area contributed by atoms with Crippen molar-refractivity contribution >= 4 is 35.1 Å². The van der Waals surface area contributed by atoms with E-state index >= 15 is 0 Å². The Morgan fingerprint density at radius 2 is 2.00 bits per heavy atom. The van der Waals surface area contributed by atoms with Gasteiger partial charge in [-0.1, -0.05) is 47.5 Å². The van der Waals surface area contributed by atoms with Crippen molar-refractivity contribution in [3.05, 3.63) is 58.1 Å². The van der Waals surface area contributed by atoms with Crippen LogP contribution in [0, 0.1) is 5.92 Å². The third kappa shape index (κ3) is 3.28. The molecule has 0 bridgehead atoms. The molecule has 0 aliphatic heterocycles. The first-order valence-corrected chi connectivity index (χ1v) is 6.93. The molecule has 0 radical (unpaired) electrons. The van der Waals surface area contributed by atoms with Crippen LogP contribution in [0.15, 0.2) is 42.5 Å². The highest BCUT2D eigenvalue weighted by Gasteiger charge is 2.34. The van der Waals surface area contributed by atoms with Crippen molar-refractivity contribution in [2.45, 2.75) is 12.5 Å². The number of halogens is 2. The molecule has 2 rings (SSSR count). The van der Waals surface area contributed by atoms with E-state index in [9.17, 15) is 14.7 Å². The molecule has 2 atom stereocenters. The van der Waals surface area contributed by atoms with Gasteiger partial charge in [0.1, 0.15) is 0 Å². The maximum atomic E-state index is 12.3. The summed E-state index contributed by atoms with van der Waals surface area (Å²) in [4.78, 5) is 23.5. The molecule has 0 fully saturated rings. The lowest BCUT2D eigenvalue weighted by Crippen LogP contribution is -2.55. The Bertz CT molecular complexity index is 654. The number of carboxylic acids is 1. The number of hydrogen-bond donors (Lipinski definition) is 1. The van der Waals surface area contributed by atoms with Crippen molar-refractivity contribution in [2.24, 2.45) is 5.92 Å². The molecular weight excluding hydrogens is 313 g/mol. The molecule has 4 nitrogen and oxygen atoms in total. The summed E-state index contributed by atoms with van der Waals surface area (Å²) in [6.45, 7) is 1.61. The number of hydrogen-bond acceptors (Lipinski definition) is 3. The SMILES string of the molecule is CC1(NC(=O)c2ccc(Cl)cc2Cl)C=CC=CC1C(=O)[O-]. The van der Waals surface area contributed by atoms with Crippen LogP contribution in [0.3, 0.4) is 0 Å². The third-order valence-corrected chi connectivity index (χ3v) is 3.86. The van der Waals surface area contributed by atoms with Crippen LogP contribution in [-0.2, 0) is 4.79 Å². The van der Waals surface area contributed by atoms with Crippen LogP contribution in [0.4, 0.5) is 0 Å². The van der Waals surface area contributed by atoms with Gasteiger partial charge in [-0.3, -0.25) is 4.79 Å². The van der Waals surface area contributed by atoms with E-state index in [1.165, 1.54) is 24.3 Å². The molecule has 1 aliphatic carbocycles. The van der Waals surface area contributed by atoms with Gasteiger partial charge < -0.3 is 15.2 Å². The van der Waals surface area contributed by atoms with Crippen molar-refractivity contribution in [2.75, 3.05) is 0 Å². The summed E-state index contributed by atoms with van der Waals surface area (Å²) < 4.78 is 0. The van der Waals surface area contributed by atoms with Gasteiger partial charge in [0.25, 0.3) is 5.91 Å². The monoisotopic (exact) mass is 324 g/mol. The fourth-order valence-corrected chi connectivity index (χ4v) is 2.66. The van der Waals surface area contributed by atoms with Crippen molar-refractivity contribution in [3.63, 3.8) is 0 Å². The molecule has 110 valence electrons. The lowest BCUT2D eigenvalue weighted by Gasteiger charge is -2.36. The molecule has 1 aliphatic rings. The lowest BCUT2D eigenvalue weighted by molar-refractivity contribution is -0.311. The minimum absolute atomic E-state index is 0.198. The Kier molecular flexibility index (Phi) is 4.40. The fraction of sp³-hybridized carbons (Fsp3) is 0.200. The highest BCUT2D eigenvalue weighted by molar-refractivity contribution is 6.36. The maximum Gasteiger partial charge on any atom is 0.253 e. The van der Waals surface area contributed by atoms with Gasteiger partial charge in [-0.25, -0.2) is 0 Å². The predicted molar refractivity (Wildman–Crippen MR) is 79.1 cm³/mol. The molecule has 6 heteroatoms. The molecule has 2 unspecified atom stereocenters. The number of benzene rings is 1. The second kappa shape index (κ2) is 5.92. The number of rotatable bonds is 3. The Balaban J connectivity index is 2.27. The summed E-state index contributed by atoms with van der Waals surface area (Å²) in [5.41, 5.74) is -0.865. The Morgan fingerprint density at radius 1 is 1.29 bits per heavy atom. The van der Waals surface area contributed by atoms with Crippen LogP contribution in [0.2, 0.25) is 10.0 Å². The number of carbonyl (C=O) groups excluding carboxylic acids is 2. The van der Waals surface area contributed by atoms with E-state index in [0.29, 0.717) is 5.02 Å². The lowest BCUT2D eigenvalue weighted by atomic mass is 9.82. The second-order valence-electron chi connectivity index (χ2n) is 4.90. The molecule has 0 aromatic heterocycles. The minimum atomic E-state index is -1.26. The van der Waals surface area contributed by atoms with E-state index in [-0.39, 0.29) is 10.6 Å². The first-order valence-electron chi connectivity index (χ1n) is 6.18. The van der Waals surface area contributed by atoms with E-state index in [2.05, 4.69) is 5.32 Å². The Labute approximate surface area is 132 Å². The smallest absolute Gasteiger partial charge is 0.253 e. The average Bonchev–Trinajstić information content (AvgIpc) is 2.37. The number of nitrogens with one attached hydrogen (secondary N) is 1. The number of carbonyl (C=O) groups is 2. The van der Waals surface area contributed by atoms with Crippen molar-refractivity contribution < 1.29 is 14.7 Å². The Hall–Kier alpha value is -1.78. The molecule has 1 N–H and O–H groups in total. The predicted octanol–water partition coefficient (Wildman–Crippen LogP) is 1.97. The average molecular weight is 325 g/mol. The summed E-state index contributed by atoms with van der Waals surface area (Å²) >= 11 is 11.8. The zero-order chi connectivity index (χ0) is 15.6. The highest BCUT2D eigenvalue weighted by Crippen LogP contribution is 2.26. The zero-order valence-electron chi connectivity index (χ0n) is 11.1. The van der Waals surface area contributed by atoms with Crippen LogP contribution in [0.25, 0.3) is 0 Å². The topological polar surface area (TPSA) is 69.2 Å². The summed E-state index contributed by atoms with van der Waals surface area (Å²) in [5, 5.41) is 14.5. The molecule has 0 saturated heterocycles. The van der Waals surface area contributed by atoms with Gasteiger partial charge in [0, 0.05) is 10.9 Å². The van der Waals surface area contributed by atoms with E-state index < -0.39 is 23.3 Å². The van der Waals surface area contributed by atoms with Crippen LogP contribution in [0.1, 0.15) is 17.3 Å². The number of allylic oxidation sites excluding steroid dienone is 2. The van der Waals surface area contributed by atoms with Gasteiger partial charge in [0.05, 0.1) is 22.1 Å². The quantitative estimate of drug-likeness (QED) is 0.924. The zero-order valence-corrected chi connectivity index (χ0v) is 12.6. The summed E-state index contributed by atoms with van der Waals surface area (Å²) in [6.07, 6.45) is 6.35. The fourth-order valence-electron chi connectivity index (χ4n) is 2.16. The van der Waals surface area contributed by atoms with Gasteiger partial charge in [-0.05, 0) is 25.1 Å². The summed E-state index contributed by atoms with van der Waals surface area (Å²) in [5.74, 6) is -2.71. The van der Waals surface area contributed by atoms with E-state index in [0.717, 1.165) is 0 Å².